The molecule has 0 amide bonds. The van der Waals surface area contributed by atoms with Crippen molar-refractivity contribution in [3.63, 3.8) is 0 Å². The van der Waals surface area contributed by atoms with Gasteiger partial charge in [-0.25, -0.2) is 12.8 Å². The van der Waals surface area contributed by atoms with Crippen LogP contribution in [0.2, 0.25) is 0 Å². The number of nitrogens with one attached hydrogen (secondary N) is 1. The third-order valence-electron chi connectivity index (χ3n) is 4.04. The lowest BCUT2D eigenvalue weighted by Crippen LogP contribution is -2.27. The molecule has 4 nitrogen and oxygen atoms in total. The smallest absolute Gasteiger partial charge is 0.152 e. The molecule has 6 heteroatoms. The van der Waals surface area contributed by atoms with Crippen LogP contribution < -0.4 is 10.2 Å². The minimum atomic E-state index is -2.94. The Balaban J connectivity index is 1.73. The van der Waals surface area contributed by atoms with E-state index in [9.17, 15) is 12.8 Å². The van der Waals surface area contributed by atoms with Crippen molar-refractivity contribution < 1.29 is 12.8 Å². The van der Waals surface area contributed by atoms with E-state index in [1.165, 1.54) is 18.9 Å². The Kier molecular flexibility index (Phi) is 4.17. The minimum absolute atomic E-state index is 0.152. The van der Waals surface area contributed by atoms with Crippen LogP contribution in [0.25, 0.3) is 0 Å². The van der Waals surface area contributed by atoms with Crippen molar-refractivity contribution in [2.45, 2.75) is 31.8 Å². The molecule has 1 aliphatic carbocycles. The highest BCUT2D eigenvalue weighted by Gasteiger charge is 2.21. The van der Waals surface area contributed by atoms with Gasteiger partial charge in [0.25, 0.3) is 0 Å². The SMILES string of the molecule is O=S1(=O)CCCN(c2cc(F)cc(CNC3CC3)c2)CC1. The molecule has 1 aromatic carbocycles. The van der Waals surface area contributed by atoms with Crippen molar-refractivity contribution in [1.29, 1.82) is 0 Å². The molecule has 2 aliphatic rings. The summed E-state index contributed by atoms with van der Waals surface area (Å²) in [5, 5.41) is 3.37. The summed E-state index contributed by atoms with van der Waals surface area (Å²) >= 11 is 0. The molecular formula is C15H21FN2O2S. The molecule has 1 N–H and O–H groups in total. The first-order valence-electron chi connectivity index (χ1n) is 7.50. The highest BCUT2D eigenvalue weighted by Crippen LogP contribution is 2.23. The van der Waals surface area contributed by atoms with Crippen molar-refractivity contribution in [3.05, 3.63) is 29.6 Å². The van der Waals surface area contributed by atoms with Crippen molar-refractivity contribution in [2.75, 3.05) is 29.5 Å². The van der Waals surface area contributed by atoms with Gasteiger partial charge in [-0.05, 0) is 43.0 Å². The first kappa shape index (κ1) is 14.8. The third-order valence-corrected chi connectivity index (χ3v) is 5.75. The second-order valence-electron chi connectivity index (χ2n) is 5.97. The van der Waals surface area contributed by atoms with E-state index in [1.54, 1.807) is 6.07 Å². The summed E-state index contributed by atoms with van der Waals surface area (Å²) in [5.41, 5.74) is 1.71. The molecule has 1 heterocycles. The normalized spacial score (nSPS) is 22.0. The van der Waals surface area contributed by atoms with Gasteiger partial charge in [-0.15, -0.1) is 0 Å². The zero-order valence-corrected chi connectivity index (χ0v) is 12.8. The zero-order valence-electron chi connectivity index (χ0n) is 12.0. The Morgan fingerprint density at radius 3 is 2.76 bits per heavy atom. The first-order chi connectivity index (χ1) is 10.0. The van der Waals surface area contributed by atoms with E-state index >= 15 is 0 Å². The third kappa shape index (κ3) is 4.17. The molecule has 0 unspecified atom stereocenters. The van der Waals surface area contributed by atoms with Gasteiger partial charge in [0.1, 0.15) is 5.82 Å². The van der Waals surface area contributed by atoms with Crippen LogP contribution in [0.3, 0.4) is 0 Å². The number of halogens is 1. The molecule has 0 bridgehead atoms. The van der Waals surface area contributed by atoms with Crippen LogP contribution in [-0.2, 0) is 16.4 Å². The monoisotopic (exact) mass is 312 g/mol. The number of rotatable bonds is 4. The molecular weight excluding hydrogens is 291 g/mol. The molecule has 1 saturated carbocycles. The predicted molar refractivity (Wildman–Crippen MR) is 81.7 cm³/mol. The number of hydrogen-bond acceptors (Lipinski definition) is 4. The minimum Gasteiger partial charge on any atom is -0.370 e. The van der Waals surface area contributed by atoms with Gasteiger partial charge in [-0.1, -0.05) is 0 Å². The van der Waals surface area contributed by atoms with Crippen LogP contribution in [0.1, 0.15) is 24.8 Å². The van der Waals surface area contributed by atoms with Gasteiger partial charge >= 0.3 is 0 Å². The molecule has 2 fully saturated rings. The van der Waals surface area contributed by atoms with E-state index in [-0.39, 0.29) is 17.3 Å². The quantitative estimate of drug-likeness (QED) is 0.919. The summed E-state index contributed by atoms with van der Waals surface area (Å²) in [6.07, 6.45) is 3.01. The number of sulfone groups is 1. The summed E-state index contributed by atoms with van der Waals surface area (Å²) in [7, 11) is -2.94. The van der Waals surface area contributed by atoms with Crippen molar-refractivity contribution >= 4 is 15.5 Å². The van der Waals surface area contributed by atoms with Gasteiger partial charge in [0, 0.05) is 31.4 Å². The predicted octanol–water partition coefficient (Wildman–Crippen LogP) is 1.70. The summed E-state index contributed by atoms with van der Waals surface area (Å²) in [5.74, 6) is 0.126. The molecule has 1 aliphatic heterocycles. The molecule has 0 radical (unpaired) electrons. The van der Waals surface area contributed by atoms with Crippen molar-refractivity contribution in [3.8, 4) is 0 Å². The lowest BCUT2D eigenvalue weighted by Gasteiger charge is -2.23. The molecule has 0 atom stereocenters. The van der Waals surface area contributed by atoms with E-state index in [4.69, 9.17) is 0 Å². The molecule has 0 spiro atoms. The van der Waals surface area contributed by atoms with Gasteiger partial charge in [0.15, 0.2) is 9.84 Å². The Labute approximate surface area is 125 Å². The number of nitrogens with zero attached hydrogens (tertiary/aromatic N) is 1. The fraction of sp³-hybridized carbons (Fsp3) is 0.600. The Morgan fingerprint density at radius 1 is 1.19 bits per heavy atom. The Hall–Kier alpha value is -1.14. The topological polar surface area (TPSA) is 49.4 Å². The largest absolute Gasteiger partial charge is 0.370 e. The molecule has 21 heavy (non-hydrogen) atoms. The highest BCUT2D eigenvalue weighted by atomic mass is 32.2. The zero-order chi connectivity index (χ0) is 14.9. The summed E-state index contributed by atoms with van der Waals surface area (Å²) in [4.78, 5) is 1.98. The Bertz CT molecular complexity index is 614. The number of hydrogen-bond donors (Lipinski definition) is 1. The second-order valence-corrected chi connectivity index (χ2v) is 8.27. The molecule has 1 aromatic rings. The molecule has 3 rings (SSSR count). The number of anilines is 1. The summed E-state index contributed by atoms with van der Waals surface area (Å²) < 4.78 is 37.1. The molecule has 1 saturated heterocycles. The van der Waals surface area contributed by atoms with Gasteiger partial charge in [0.05, 0.1) is 11.5 Å². The maximum Gasteiger partial charge on any atom is 0.152 e. The first-order valence-corrected chi connectivity index (χ1v) is 9.32. The van der Waals surface area contributed by atoms with Crippen LogP contribution in [-0.4, -0.2) is 39.1 Å². The van der Waals surface area contributed by atoms with Gasteiger partial charge in [-0.3, -0.25) is 0 Å². The van der Waals surface area contributed by atoms with Crippen molar-refractivity contribution in [2.24, 2.45) is 0 Å². The average molecular weight is 312 g/mol. The summed E-state index contributed by atoms with van der Waals surface area (Å²) in [6.45, 7) is 1.78. The maximum atomic E-state index is 13.8. The van der Waals surface area contributed by atoms with Crippen molar-refractivity contribution in [1.82, 2.24) is 5.32 Å². The van der Waals surface area contributed by atoms with E-state index in [1.807, 2.05) is 11.0 Å². The standard InChI is InChI=1S/C15H21FN2O2S/c16-13-8-12(11-17-14-2-3-14)9-15(10-13)18-4-1-6-21(19,20)7-5-18/h8-10,14,17H,1-7,11H2. The second kappa shape index (κ2) is 5.93. The average Bonchev–Trinajstić information content (AvgIpc) is 3.23. The summed E-state index contributed by atoms with van der Waals surface area (Å²) in [6, 6.07) is 5.60. The van der Waals surface area contributed by atoms with Gasteiger partial charge < -0.3 is 10.2 Å². The molecule has 116 valence electrons. The Morgan fingerprint density at radius 2 is 2.00 bits per heavy atom. The van der Waals surface area contributed by atoms with Crippen LogP contribution in [0.15, 0.2) is 18.2 Å². The van der Waals surface area contributed by atoms with E-state index in [0.29, 0.717) is 32.1 Å². The number of benzene rings is 1. The fourth-order valence-corrected chi connectivity index (χ4v) is 3.94. The van der Waals surface area contributed by atoms with Crippen LogP contribution in [0.5, 0.6) is 0 Å². The maximum absolute atomic E-state index is 13.8. The lowest BCUT2D eigenvalue weighted by molar-refractivity contribution is 0.597. The van der Waals surface area contributed by atoms with Crippen LogP contribution >= 0.6 is 0 Å². The van der Waals surface area contributed by atoms with E-state index in [0.717, 1.165) is 11.3 Å². The lowest BCUT2D eigenvalue weighted by atomic mass is 10.1. The van der Waals surface area contributed by atoms with E-state index < -0.39 is 9.84 Å². The highest BCUT2D eigenvalue weighted by molar-refractivity contribution is 7.91. The van der Waals surface area contributed by atoms with Crippen LogP contribution in [0, 0.1) is 5.82 Å². The van der Waals surface area contributed by atoms with Gasteiger partial charge in [-0.2, -0.15) is 0 Å². The van der Waals surface area contributed by atoms with E-state index in [2.05, 4.69) is 5.32 Å². The fourth-order valence-electron chi connectivity index (χ4n) is 2.66. The van der Waals surface area contributed by atoms with Gasteiger partial charge in [0.2, 0.25) is 0 Å². The van der Waals surface area contributed by atoms with Crippen LogP contribution in [0.4, 0.5) is 10.1 Å². The molecule has 0 aromatic heterocycles.